The van der Waals surface area contributed by atoms with Crippen LogP contribution in [0, 0.1) is 17.4 Å². The predicted octanol–water partition coefficient (Wildman–Crippen LogP) is 4.19. The molecule has 2 N–H and O–H groups in total. The number of amides is 1. The van der Waals surface area contributed by atoms with Crippen LogP contribution in [0.25, 0.3) is 0 Å². The fourth-order valence-electron chi connectivity index (χ4n) is 2.28. The summed E-state index contributed by atoms with van der Waals surface area (Å²) in [6.45, 7) is 5.85. The van der Waals surface area contributed by atoms with Crippen LogP contribution in [0.5, 0.6) is 17.2 Å². The van der Waals surface area contributed by atoms with Crippen molar-refractivity contribution in [2.75, 3.05) is 13.2 Å². The summed E-state index contributed by atoms with van der Waals surface area (Å²) in [4.78, 5) is 11.9. The molecule has 2 rings (SSSR count). The van der Waals surface area contributed by atoms with Gasteiger partial charge in [0.25, 0.3) is 5.91 Å². The van der Waals surface area contributed by atoms with E-state index in [1.807, 2.05) is 43.4 Å². The van der Waals surface area contributed by atoms with Crippen molar-refractivity contribution < 1.29 is 19.4 Å². The highest BCUT2D eigenvalue weighted by atomic mass is 127. The monoisotopic (exact) mass is 502 g/mol. The molecule has 0 heterocycles. The zero-order valence-electron chi connectivity index (χ0n) is 15.2. The van der Waals surface area contributed by atoms with Crippen molar-refractivity contribution >= 4 is 46.3 Å². The van der Waals surface area contributed by atoms with E-state index in [1.54, 1.807) is 24.3 Å². The van der Waals surface area contributed by atoms with Crippen molar-refractivity contribution in [2.24, 2.45) is 5.10 Å². The van der Waals surface area contributed by atoms with Gasteiger partial charge in [-0.3, -0.25) is 4.79 Å². The van der Waals surface area contributed by atoms with Gasteiger partial charge >= 0.3 is 0 Å². The van der Waals surface area contributed by atoms with E-state index in [0.29, 0.717) is 32.3 Å². The van der Waals surface area contributed by atoms with Crippen LogP contribution >= 0.6 is 34.2 Å². The van der Waals surface area contributed by atoms with Crippen LogP contribution in [0.1, 0.15) is 23.6 Å². The van der Waals surface area contributed by atoms with Gasteiger partial charge in [-0.1, -0.05) is 11.6 Å². The summed E-state index contributed by atoms with van der Waals surface area (Å²) in [7, 11) is 0. The Morgan fingerprint density at radius 1 is 1.26 bits per heavy atom. The van der Waals surface area contributed by atoms with E-state index >= 15 is 0 Å². The Morgan fingerprint density at radius 2 is 1.93 bits per heavy atom. The Hall–Kier alpha value is -2.00. The van der Waals surface area contributed by atoms with Gasteiger partial charge in [0.15, 0.2) is 18.1 Å². The highest BCUT2D eigenvalue weighted by Crippen LogP contribution is 2.32. The number of carbonyl (C=O) groups excluding carboxylic acids is 1. The minimum absolute atomic E-state index is 0.0839. The van der Waals surface area contributed by atoms with Crippen LogP contribution in [-0.4, -0.2) is 30.4 Å². The molecule has 6 nitrogen and oxygen atoms in total. The molecule has 0 unspecified atom stereocenters. The van der Waals surface area contributed by atoms with Crippen LogP contribution in [0.3, 0.4) is 0 Å². The molecule has 0 aromatic heterocycles. The molecule has 0 aliphatic carbocycles. The summed E-state index contributed by atoms with van der Waals surface area (Å²) in [5.41, 5.74) is 4.86. The van der Waals surface area contributed by atoms with Crippen molar-refractivity contribution in [1.82, 2.24) is 5.43 Å². The fourth-order valence-corrected chi connectivity index (χ4v) is 3.02. The standard InChI is InChI=1S/C19H20ClIN2O4/c1-4-26-16-8-13(7-15(21)19(16)25)9-22-23-17(24)10-27-14-5-11(2)18(20)12(3)6-14/h5-9,25H,4,10H2,1-3H3,(H,23,24)/b22-9-. The Labute approximate surface area is 176 Å². The second-order valence-corrected chi connectivity index (χ2v) is 7.28. The van der Waals surface area contributed by atoms with Crippen molar-refractivity contribution in [1.29, 1.82) is 0 Å². The molecule has 2 aromatic rings. The number of hydrazone groups is 1. The van der Waals surface area contributed by atoms with Gasteiger partial charge in [-0.2, -0.15) is 5.10 Å². The summed E-state index contributed by atoms with van der Waals surface area (Å²) in [5, 5.41) is 14.5. The number of phenols is 1. The molecule has 27 heavy (non-hydrogen) atoms. The highest BCUT2D eigenvalue weighted by Gasteiger charge is 2.09. The number of hydrogen-bond donors (Lipinski definition) is 2. The molecule has 0 saturated heterocycles. The number of ether oxygens (including phenoxy) is 2. The number of hydrogen-bond acceptors (Lipinski definition) is 5. The molecule has 2 aromatic carbocycles. The first-order valence-corrected chi connectivity index (χ1v) is 9.64. The average molecular weight is 503 g/mol. The van der Waals surface area contributed by atoms with Gasteiger partial charge in [0.05, 0.1) is 16.4 Å². The first kappa shape index (κ1) is 21.3. The lowest BCUT2D eigenvalue weighted by molar-refractivity contribution is -0.123. The Morgan fingerprint density at radius 3 is 2.56 bits per heavy atom. The smallest absolute Gasteiger partial charge is 0.277 e. The van der Waals surface area contributed by atoms with E-state index in [2.05, 4.69) is 10.5 Å². The van der Waals surface area contributed by atoms with E-state index in [4.69, 9.17) is 21.1 Å². The number of benzene rings is 2. The first-order chi connectivity index (χ1) is 12.8. The average Bonchev–Trinajstić information content (AvgIpc) is 2.62. The Kier molecular flexibility index (Phi) is 7.73. The molecule has 0 fully saturated rings. The SMILES string of the molecule is CCOc1cc(/C=N\NC(=O)COc2cc(C)c(Cl)c(C)c2)cc(I)c1O. The lowest BCUT2D eigenvalue weighted by Crippen LogP contribution is -2.24. The van der Waals surface area contributed by atoms with Crippen molar-refractivity contribution in [2.45, 2.75) is 20.8 Å². The highest BCUT2D eigenvalue weighted by molar-refractivity contribution is 14.1. The third-order valence-electron chi connectivity index (χ3n) is 3.53. The zero-order valence-corrected chi connectivity index (χ0v) is 18.1. The molecular formula is C19H20ClIN2O4. The van der Waals surface area contributed by atoms with E-state index in [1.165, 1.54) is 6.21 Å². The van der Waals surface area contributed by atoms with Gasteiger partial charge in [-0.15, -0.1) is 0 Å². The van der Waals surface area contributed by atoms with Gasteiger partial charge in [0.2, 0.25) is 0 Å². The second kappa shape index (κ2) is 9.80. The largest absolute Gasteiger partial charge is 0.504 e. The number of rotatable bonds is 7. The fraction of sp³-hybridized carbons (Fsp3) is 0.263. The summed E-state index contributed by atoms with van der Waals surface area (Å²) in [6, 6.07) is 6.93. The van der Waals surface area contributed by atoms with Gasteiger partial charge in [0, 0.05) is 5.02 Å². The molecule has 0 saturated carbocycles. The van der Waals surface area contributed by atoms with Gasteiger partial charge < -0.3 is 14.6 Å². The summed E-state index contributed by atoms with van der Waals surface area (Å²) in [6.07, 6.45) is 1.47. The number of aryl methyl sites for hydroxylation is 2. The molecule has 0 radical (unpaired) electrons. The summed E-state index contributed by atoms with van der Waals surface area (Å²) < 4.78 is 11.5. The Bertz CT molecular complexity index is 848. The summed E-state index contributed by atoms with van der Waals surface area (Å²) >= 11 is 8.11. The molecule has 8 heteroatoms. The molecule has 0 aliphatic rings. The van der Waals surface area contributed by atoms with Crippen LogP contribution < -0.4 is 14.9 Å². The van der Waals surface area contributed by atoms with Gasteiger partial charge in [-0.25, -0.2) is 5.43 Å². The van der Waals surface area contributed by atoms with Gasteiger partial charge in [0.1, 0.15) is 5.75 Å². The predicted molar refractivity (Wildman–Crippen MR) is 114 cm³/mol. The maximum Gasteiger partial charge on any atom is 0.277 e. The van der Waals surface area contributed by atoms with E-state index in [9.17, 15) is 9.90 Å². The number of halogens is 2. The second-order valence-electron chi connectivity index (χ2n) is 5.74. The number of aromatic hydroxyl groups is 1. The molecule has 1 amide bonds. The van der Waals surface area contributed by atoms with E-state index < -0.39 is 5.91 Å². The first-order valence-electron chi connectivity index (χ1n) is 8.18. The molecule has 0 spiro atoms. The van der Waals surface area contributed by atoms with Gasteiger partial charge in [-0.05, 0) is 84.3 Å². The lowest BCUT2D eigenvalue weighted by Gasteiger charge is -2.09. The summed E-state index contributed by atoms with van der Waals surface area (Å²) in [5.74, 6) is 0.632. The van der Waals surface area contributed by atoms with Crippen molar-refractivity contribution in [3.05, 3.63) is 49.5 Å². The minimum atomic E-state index is -0.394. The van der Waals surface area contributed by atoms with Crippen LogP contribution in [-0.2, 0) is 4.79 Å². The maximum atomic E-state index is 11.9. The maximum absolute atomic E-state index is 11.9. The van der Waals surface area contributed by atoms with Crippen molar-refractivity contribution in [3.8, 4) is 17.2 Å². The minimum Gasteiger partial charge on any atom is -0.504 e. The third kappa shape index (κ3) is 6.00. The zero-order chi connectivity index (χ0) is 20.0. The van der Waals surface area contributed by atoms with E-state index in [0.717, 1.165) is 11.1 Å². The molecule has 0 aliphatic heterocycles. The number of nitrogens with zero attached hydrogens (tertiary/aromatic N) is 1. The van der Waals surface area contributed by atoms with E-state index in [-0.39, 0.29) is 12.4 Å². The molecular weight excluding hydrogens is 483 g/mol. The number of carbonyl (C=O) groups is 1. The molecule has 144 valence electrons. The number of phenolic OH excluding ortho intramolecular Hbond substituents is 1. The molecule has 0 atom stereocenters. The quantitative estimate of drug-likeness (QED) is 0.338. The van der Waals surface area contributed by atoms with Crippen LogP contribution in [0.2, 0.25) is 5.02 Å². The lowest BCUT2D eigenvalue weighted by atomic mass is 10.1. The third-order valence-corrected chi connectivity index (χ3v) is 4.95. The normalized spacial score (nSPS) is 10.9. The van der Waals surface area contributed by atoms with Crippen LogP contribution in [0.15, 0.2) is 29.4 Å². The van der Waals surface area contributed by atoms with Crippen molar-refractivity contribution in [3.63, 3.8) is 0 Å². The van der Waals surface area contributed by atoms with Crippen LogP contribution in [0.4, 0.5) is 0 Å². The topological polar surface area (TPSA) is 80.2 Å². The number of nitrogens with one attached hydrogen (secondary N) is 1. The Balaban J connectivity index is 1.94. The molecule has 0 bridgehead atoms.